The minimum absolute atomic E-state index is 0.239. The summed E-state index contributed by atoms with van der Waals surface area (Å²) in [6.45, 7) is 0.323. The minimum Gasteiger partial charge on any atom is -0.493 e. The molecule has 0 saturated heterocycles. The second-order valence-electron chi connectivity index (χ2n) is 5.44. The lowest BCUT2D eigenvalue weighted by molar-refractivity contribution is -0.118. The van der Waals surface area contributed by atoms with Crippen LogP contribution in [0.25, 0.3) is 0 Å². The van der Waals surface area contributed by atoms with Gasteiger partial charge in [-0.2, -0.15) is 0 Å². The fourth-order valence-corrected chi connectivity index (χ4v) is 2.60. The van der Waals surface area contributed by atoms with Gasteiger partial charge in [-0.15, -0.1) is 0 Å². The fourth-order valence-electron chi connectivity index (χ4n) is 2.60. The van der Waals surface area contributed by atoms with Crippen LogP contribution in [-0.4, -0.2) is 31.8 Å². The van der Waals surface area contributed by atoms with E-state index in [4.69, 9.17) is 15.2 Å². The summed E-state index contributed by atoms with van der Waals surface area (Å²) in [6, 6.07) is 8.33. The zero-order valence-electron chi connectivity index (χ0n) is 12.5. The van der Waals surface area contributed by atoms with Gasteiger partial charge in [0, 0.05) is 18.8 Å². The maximum absolute atomic E-state index is 10.6. The van der Waals surface area contributed by atoms with E-state index < -0.39 is 0 Å². The molecule has 5 nitrogen and oxygen atoms in total. The van der Waals surface area contributed by atoms with Crippen molar-refractivity contribution in [3.8, 4) is 5.75 Å². The van der Waals surface area contributed by atoms with E-state index in [1.54, 1.807) is 7.11 Å². The Morgan fingerprint density at radius 2 is 1.90 bits per heavy atom. The van der Waals surface area contributed by atoms with Crippen molar-refractivity contribution < 1.29 is 14.3 Å². The van der Waals surface area contributed by atoms with Crippen molar-refractivity contribution in [1.82, 2.24) is 0 Å². The summed E-state index contributed by atoms with van der Waals surface area (Å²) in [5.41, 5.74) is 6.16. The van der Waals surface area contributed by atoms with Gasteiger partial charge in [0.25, 0.3) is 0 Å². The summed E-state index contributed by atoms with van der Waals surface area (Å²) >= 11 is 0. The molecule has 0 heterocycles. The Labute approximate surface area is 125 Å². The third-order valence-corrected chi connectivity index (χ3v) is 3.85. The molecule has 5 heteroatoms. The van der Waals surface area contributed by atoms with Crippen molar-refractivity contribution >= 4 is 11.6 Å². The second kappa shape index (κ2) is 7.88. The summed E-state index contributed by atoms with van der Waals surface area (Å²) < 4.78 is 10.8. The highest BCUT2D eigenvalue weighted by atomic mass is 16.5. The van der Waals surface area contributed by atoms with Crippen molar-refractivity contribution in [2.24, 2.45) is 5.73 Å². The molecule has 0 bridgehead atoms. The summed E-state index contributed by atoms with van der Waals surface area (Å²) in [4.78, 5) is 10.6. The van der Waals surface area contributed by atoms with Gasteiger partial charge in [0.1, 0.15) is 5.75 Å². The monoisotopic (exact) mass is 292 g/mol. The first-order chi connectivity index (χ1) is 10.2. The molecule has 0 spiro atoms. The number of primary amides is 1. The van der Waals surface area contributed by atoms with Crippen molar-refractivity contribution in [2.75, 3.05) is 19.0 Å². The molecule has 1 aromatic rings. The van der Waals surface area contributed by atoms with Crippen LogP contribution in [0.5, 0.6) is 5.75 Å². The van der Waals surface area contributed by atoms with E-state index in [0.717, 1.165) is 37.1 Å². The second-order valence-corrected chi connectivity index (χ2v) is 5.44. The Hall–Kier alpha value is -1.75. The van der Waals surface area contributed by atoms with Crippen LogP contribution in [-0.2, 0) is 9.53 Å². The topological polar surface area (TPSA) is 73.6 Å². The van der Waals surface area contributed by atoms with Gasteiger partial charge < -0.3 is 20.5 Å². The molecule has 1 amide bonds. The molecule has 0 radical (unpaired) electrons. The van der Waals surface area contributed by atoms with Crippen LogP contribution in [0, 0.1) is 0 Å². The van der Waals surface area contributed by atoms with Gasteiger partial charge in [0.05, 0.1) is 19.1 Å². The van der Waals surface area contributed by atoms with Gasteiger partial charge >= 0.3 is 0 Å². The van der Waals surface area contributed by atoms with Crippen molar-refractivity contribution in [3.05, 3.63) is 24.3 Å². The molecule has 1 saturated carbocycles. The molecule has 0 aliphatic heterocycles. The summed E-state index contributed by atoms with van der Waals surface area (Å²) in [7, 11) is 1.79. The van der Waals surface area contributed by atoms with E-state index in [1.807, 2.05) is 24.3 Å². The van der Waals surface area contributed by atoms with Gasteiger partial charge in [0.15, 0.2) is 0 Å². The number of amides is 1. The Bertz CT molecular complexity index is 439. The smallest absolute Gasteiger partial charge is 0.220 e. The third-order valence-electron chi connectivity index (χ3n) is 3.85. The quantitative estimate of drug-likeness (QED) is 0.809. The number of nitrogens with one attached hydrogen (secondary N) is 1. The number of benzene rings is 1. The van der Waals surface area contributed by atoms with Gasteiger partial charge in [0.2, 0.25) is 5.91 Å². The van der Waals surface area contributed by atoms with Gasteiger partial charge in [-0.3, -0.25) is 4.79 Å². The van der Waals surface area contributed by atoms with Crippen LogP contribution in [0.4, 0.5) is 5.69 Å². The standard InChI is InChI=1S/C16H24N2O3/c1-20-14-6-2-12(3-7-14)18-13-4-8-15(9-5-13)21-11-10-16(17)19/h4-5,8-9,12,14,18H,2-3,6-7,10-11H2,1H3,(H2,17,19). The predicted molar refractivity (Wildman–Crippen MR) is 82.4 cm³/mol. The van der Waals surface area contributed by atoms with Gasteiger partial charge in [-0.1, -0.05) is 0 Å². The van der Waals surface area contributed by atoms with Crippen molar-refractivity contribution in [1.29, 1.82) is 0 Å². The largest absolute Gasteiger partial charge is 0.493 e. The number of rotatable bonds is 7. The lowest BCUT2D eigenvalue weighted by Crippen LogP contribution is -2.29. The molecule has 2 rings (SSSR count). The van der Waals surface area contributed by atoms with E-state index in [2.05, 4.69) is 5.32 Å². The number of ether oxygens (including phenoxy) is 2. The van der Waals surface area contributed by atoms with E-state index in [9.17, 15) is 4.79 Å². The Morgan fingerprint density at radius 3 is 2.48 bits per heavy atom. The van der Waals surface area contributed by atoms with Crippen LogP contribution in [0.3, 0.4) is 0 Å². The molecule has 3 N–H and O–H groups in total. The Morgan fingerprint density at radius 1 is 1.24 bits per heavy atom. The van der Waals surface area contributed by atoms with Crippen molar-refractivity contribution in [3.63, 3.8) is 0 Å². The van der Waals surface area contributed by atoms with E-state index >= 15 is 0 Å². The van der Waals surface area contributed by atoms with Crippen LogP contribution in [0.15, 0.2) is 24.3 Å². The van der Waals surface area contributed by atoms with Crippen LogP contribution < -0.4 is 15.8 Å². The van der Waals surface area contributed by atoms with Crippen LogP contribution in [0.1, 0.15) is 32.1 Å². The predicted octanol–water partition coefficient (Wildman–Crippen LogP) is 2.31. The molecular weight excluding hydrogens is 268 g/mol. The van der Waals surface area contributed by atoms with Crippen LogP contribution in [0.2, 0.25) is 0 Å². The Balaban J connectivity index is 1.76. The molecular formula is C16H24N2O3. The maximum atomic E-state index is 10.6. The molecule has 0 atom stereocenters. The number of hydrogen-bond donors (Lipinski definition) is 2. The molecule has 0 aromatic heterocycles. The lowest BCUT2D eigenvalue weighted by atomic mass is 9.93. The molecule has 1 aliphatic rings. The molecule has 0 unspecified atom stereocenters. The average Bonchev–Trinajstić information content (AvgIpc) is 2.49. The molecule has 1 fully saturated rings. The van der Waals surface area contributed by atoms with E-state index in [1.165, 1.54) is 0 Å². The first-order valence-corrected chi connectivity index (χ1v) is 7.48. The fraction of sp³-hybridized carbons (Fsp3) is 0.562. The number of nitrogens with two attached hydrogens (primary N) is 1. The average molecular weight is 292 g/mol. The lowest BCUT2D eigenvalue weighted by Gasteiger charge is -2.28. The van der Waals surface area contributed by atoms with Crippen molar-refractivity contribution in [2.45, 2.75) is 44.2 Å². The molecule has 1 aliphatic carbocycles. The highest BCUT2D eigenvalue weighted by Crippen LogP contribution is 2.24. The highest BCUT2D eigenvalue weighted by Gasteiger charge is 2.20. The summed E-state index contributed by atoms with van der Waals surface area (Å²) in [5, 5.41) is 3.54. The number of methoxy groups -OCH3 is 1. The summed E-state index contributed by atoms with van der Waals surface area (Å²) in [6.07, 6.45) is 5.16. The minimum atomic E-state index is -0.347. The highest BCUT2D eigenvalue weighted by molar-refractivity contribution is 5.73. The zero-order chi connectivity index (χ0) is 15.1. The molecule has 116 valence electrons. The van der Waals surface area contributed by atoms with E-state index in [0.29, 0.717) is 18.8 Å². The molecule has 1 aromatic carbocycles. The van der Waals surface area contributed by atoms with Gasteiger partial charge in [-0.05, 0) is 49.9 Å². The normalized spacial score (nSPS) is 21.8. The number of carbonyl (C=O) groups is 1. The van der Waals surface area contributed by atoms with Crippen LogP contribution >= 0.6 is 0 Å². The summed E-state index contributed by atoms with van der Waals surface area (Å²) in [5.74, 6) is 0.407. The SMILES string of the molecule is COC1CCC(Nc2ccc(OCCC(N)=O)cc2)CC1. The van der Waals surface area contributed by atoms with Gasteiger partial charge in [-0.25, -0.2) is 0 Å². The van der Waals surface area contributed by atoms with E-state index in [-0.39, 0.29) is 12.3 Å². The zero-order valence-corrected chi connectivity index (χ0v) is 12.5. The maximum Gasteiger partial charge on any atom is 0.220 e. The first-order valence-electron chi connectivity index (χ1n) is 7.48. The molecule has 21 heavy (non-hydrogen) atoms. The third kappa shape index (κ3) is 5.27. The number of anilines is 1. The Kier molecular flexibility index (Phi) is 5.87. The number of hydrogen-bond acceptors (Lipinski definition) is 4. The number of carbonyl (C=O) groups excluding carboxylic acids is 1. The first kappa shape index (κ1) is 15.6.